The highest BCUT2D eigenvalue weighted by molar-refractivity contribution is 5.80. The summed E-state index contributed by atoms with van der Waals surface area (Å²) in [4.78, 5) is 48.3. The molecule has 0 bridgehead atoms. The van der Waals surface area contributed by atoms with E-state index in [1.54, 1.807) is 55.4 Å². The normalized spacial score (nSPS) is 15.6. The highest BCUT2D eigenvalue weighted by Crippen LogP contribution is 2.24. The summed E-state index contributed by atoms with van der Waals surface area (Å²) >= 11 is 0. The first-order valence-electron chi connectivity index (χ1n) is 23.7. The van der Waals surface area contributed by atoms with Crippen molar-refractivity contribution in [2.45, 2.75) is 158 Å². The number of carboxylic acid groups (broad SMARTS) is 1. The molecular formula is C53H86O14. The molecule has 14 heteroatoms. The van der Waals surface area contributed by atoms with Crippen molar-refractivity contribution in [2.75, 3.05) is 46.8 Å². The Morgan fingerprint density at radius 1 is 0.537 bits per heavy atom. The Balaban J connectivity index is 0.000000670. The predicted molar refractivity (Wildman–Crippen MR) is 258 cm³/mol. The zero-order valence-corrected chi connectivity index (χ0v) is 43.3. The van der Waals surface area contributed by atoms with Crippen molar-refractivity contribution in [3.05, 3.63) is 70.8 Å². The second-order valence-corrected chi connectivity index (χ2v) is 20.7. The number of benzene rings is 2. The van der Waals surface area contributed by atoms with Crippen molar-refractivity contribution in [2.24, 2.45) is 35.5 Å². The van der Waals surface area contributed by atoms with Crippen molar-refractivity contribution in [3.8, 4) is 0 Å². The number of carbonyl (C=O) groups is 4. The molecule has 0 unspecified atom stereocenters. The van der Waals surface area contributed by atoms with Crippen molar-refractivity contribution in [1.29, 1.82) is 0 Å². The minimum atomic E-state index is -1.11. The van der Waals surface area contributed by atoms with Crippen LogP contribution in [0.5, 0.6) is 0 Å². The van der Waals surface area contributed by atoms with Gasteiger partial charge in [-0.25, -0.2) is 0 Å². The first-order valence-corrected chi connectivity index (χ1v) is 23.7. The molecule has 0 fully saturated rings. The van der Waals surface area contributed by atoms with Gasteiger partial charge in [0.15, 0.2) is 0 Å². The maximum atomic E-state index is 12.3. The maximum Gasteiger partial charge on any atom is 0.311 e. The standard InChI is InChI=1S/C27H44O7.C26H42O7/c1-18(2)15-33-25(20(4)28)22(13-21-11-9-19(3)10-12-21)16-32-17-23(26(30)31-8)14-24(29)34-27(5,6)7;1-17(2)14-32-24(19(4)27)21(12-20-10-8-18(3)9-11-20)15-31-16-22(25(29)30)13-23(28)33-26(5,6)7/h9-12,18,20,22-23,25,28H,13-17H2,1-8H3;8-11,17,19,21-22,24,27H,12-16H2,1-7H3,(H,29,30)/t20-,22-,23-,25-;19-,21-,22-,24-/m00/s1. The number of methoxy groups -OCH3 is 1. The number of esters is 3. The van der Waals surface area contributed by atoms with Gasteiger partial charge in [0.05, 0.1) is 82.6 Å². The molecule has 0 spiro atoms. The number of aryl methyl sites for hydroxylation is 2. The molecule has 0 aliphatic heterocycles. The second kappa shape index (κ2) is 30.5. The lowest BCUT2D eigenvalue weighted by atomic mass is 9.91. The van der Waals surface area contributed by atoms with Crippen LogP contribution in [0.3, 0.4) is 0 Å². The zero-order chi connectivity index (χ0) is 51.1. The molecule has 14 nitrogen and oxygen atoms in total. The number of aliphatic hydroxyl groups is 2. The minimum absolute atomic E-state index is 0.00697. The van der Waals surface area contributed by atoms with Gasteiger partial charge in [0.1, 0.15) is 11.2 Å². The number of carbonyl (C=O) groups excluding carboxylic acids is 3. The summed E-state index contributed by atoms with van der Waals surface area (Å²) in [5.41, 5.74) is 3.19. The van der Waals surface area contributed by atoms with E-state index in [9.17, 15) is 34.5 Å². The zero-order valence-electron chi connectivity index (χ0n) is 43.3. The van der Waals surface area contributed by atoms with Gasteiger partial charge in [-0.15, -0.1) is 0 Å². The fourth-order valence-electron chi connectivity index (χ4n) is 7.03. The Morgan fingerprint density at radius 3 is 1.18 bits per heavy atom. The van der Waals surface area contributed by atoms with E-state index in [2.05, 4.69) is 26.0 Å². The van der Waals surface area contributed by atoms with E-state index in [1.165, 1.54) is 12.7 Å². The van der Waals surface area contributed by atoms with E-state index in [0.29, 0.717) is 37.9 Å². The Bertz CT molecular complexity index is 1710. The molecule has 0 saturated heterocycles. The van der Waals surface area contributed by atoms with Gasteiger partial charge < -0.3 is 48.5 Å². The highest BCUT2D eigenvalue weighted by atomic mass is 16.6. The molecule has 3 N–H and O–H groups in total. The lowest BCUT2D eigenvalue weighted by molar-refractivity contribution is -0.162. The average Bonchev–Trinajstić information content (AvgIpc) is 3.19. The number of hydrogen-bond donors (Lipinski definition) is 3. The van der Waals surface area contributed by atoms with Crippen molar-refractivity contribution in [3.63, 3.8) is 0 Å². The molecule has 0 saturated carbocycles. The molecule has 0 aliphatic carbocycles. The third kappa shape index (κ3) is 27.6. The average molecular weight is 947 g/mol. The molecule has 0 amide bonds. The van der Waals surface area contributed by atoms with Crippen molar-refractivity contribution >= 4 is 23.9 Å². The van der Waals surface area contributed by atoms with Gasteiger partial charge in [-0.2, -0.15) is 0 Å². The topological polar surface area (TPSA) is 194 Å². The molecule has 0 aromatic heterocycles. The van der Waals surface area contributed by atoms with Gasteiger partial charge in [-0.05, 0) is 105 Å². The van der Waals surface area contributed by atoms with Crippen LogP contribution in [-0.2, 0) is 65.2 Å². The number of aliphatic carboxylic acids is 1. The van der Waals surface area contributed by atoms with Gasteiger partial charge in [0.25, 0.3) is 0 Å². The first kappa shape index (κ1) is 61.1. The molecule has 0 radical (unpaired) electrons. The van der Waals surface area contributed by atoms with Gasteiger partial charge in [0, 0.05) is 25.0 Å². The summed E-state index contributed by atoms with van der Waals surface area (Å²) in [6, 6.07) is 16.3. The van der Waals surface area contributed by atoms with Gasteiger partial charge in [-0.3, -0.25) is 19.2 Å². The van der Waals surface area contributed by atoms with E-state index in [-0.39, 0.29) is 51.1 Å². The fraction of sp³-hybridized carbons (Fsp3) is 0.698. The van der Waals surface area contributed by atoms with Crippen LogP contribution in [0.4, 0.5) is 0 Å². The van der Waals surface area contributed by atoms with E-state index in [4.69, 9.17) is 33.2 Å². The van der Waals surface area contributed by atoms with Crippen LogP contribution in [0.25, 0.3) is 0 Å². The Hall–Kier alpha value is -3.92. The highest BCUT2D eigenvalue weighted by Gasteiger charge is 2.32. The molecule has 2 aromatic carbocycles. The number of rotatable bonds is 28. The molecule has 0 heterocycles. The third-order valence-electron chi connectivity index (χ3n) is 10.2. The molecule has 2 aromatic rings. The summed E-state index contributed by atoms with van der Waals surface area (Å²) in [6.45, 7) is 27.5. The van der Waals surface area contributed by atoms with Gasteiger partial charge >= 0.3 is 23.9 Å². The molecule has 2 rings (SSSR count). The maximum absolute atomic E-state index is 12.3. The van der Waals surface area contributed by atoms with Crippen LogP contribution >= 0.6 is 0 Å². The summed E-state index contributed by atoms with van der Waals surface area (Å²) in [5, 5.41) is 30.4. The van der Waals surface area contributed by atoms with Gasteiger partial charge in [-0.1, -0.05) is 87.4 Å². The van der Waals surface area contributed by atoms with Crippen LogP contribution in [-0.4, -0.2) is 122 Å². The van der Waals surface area contributed by atoms with E-state index < -0.39 is 71.3 Å². The molecular weight excluding hydrogens is 861 g/mol. The lowest BCUT2D eigenvalue weighted by Gasteiger charge is -2.31. The first-order chi connectivity index (χ1) is 31.1. The number of ether oxygens (including phenoxy) is 7. The van der Waals surface area contributed by atoms with Crippen LogP contribution in [0, 0.1) is 49.4 Å². The SMILES string of the molecule is COC(=O)[C@H](COC[C@H](Cc1ccc(C)cc1)[C@@H](OCC(C)C)[C@H](C)O)CC(=O)OC(C)(C)C.Cc1ccc(C[C@@H](COC[C@H](CC(=O)OC(C)(C)C)C(=O)O)[C@@H](OCC(C)C)[C@H](C)O)cc1. The summed E-state index contributed by atoms with van der Waals surface area (Å²) in [5.74, 6) is -4.20. The quantitative estimate of drug-likeness (QED) is 0.0547. The summed E-state index contributed by atoms with van der Waals surface area (Å²) in [6.07, 6.45) is -1.47. The number of aliphatic hydroxyl groups excluding tert-OH is 2. The molecule has 0 aliphatic rings. The van der Waals surface area contributed by atoms with Crippen LogP contribution in [0.15, 0.2) is 48.5 Å². The largest absolute Gasteiger partial charge is 0.481 e. The molecule has 382 valence electrons. The summed E-state index contributed by atoms with van der Waals surface area (Å²) in [7, 11) is 1.29. The van der Waals surface area contributed by atoms with Gasteiger partial charge in [0.2, 0.25) is 0 Å². The third-order valence-corrected chi connectivity index (χ3v) is 10.2. The van der Waals surface area contributed by atoms with E-state index in [1.807, 2.05) is 64.1 Å². The lowest BCUT2D eigenvalue weighted by Crippen LogP contribution is -2.39. The monoisotopic (exact) mass is 947 g/mol. The second-order valence-electron chi connectivity index (χ2n) is 20.7. The Kier molecular flexibility index (Phi) is 27.9. The smallest absolute Gasteiger partial charge is 0.311 e. The van der Waals surface area contributed by atoms with Crippen LogP contribution in [0.2, 0.25) is 0 Å². The number of carboxylic acids is 1. The predicted octanol–water partition coefficient (Wildman–Crippen LogP) is 8.14. The summed E-state index contributed by atoms with van der Waals surface area (Å²) < 4.78 is 39.3. The molecule has 67 heavy (non-hydrogen) atoms. The van der Waals surface area contributed by atoms with Crippen LogP contribution in [0.1, 0.15) is 118 Å². The number of hydrogen-bond acceptors (Lipinski definition) is 13. The van der Waals surface area contributed by atoms with Crippen LogP contribution < -0.4 is 0 Å². The van der Waals surface area contributed by atoms with Crippen molar-refractivity contribution < 1.29 is 67.7 Å². The minimum Gasteiger partial charge on any atom is -0.481 e. The van der Waals surface area contributed by atoms with E-state index in [0.717, 1.165) is 16.7 Å². The Morgan fingerprint density at radius 2 is 0.881 bits per heavy atom. The molecule has 8 atom stereocenters. The fourth-order valence-corrected chi connectivity index (χ4v) is 7.03. The van der Waals surface area contributed by atoms with E-state index >= 15 is 0 Å². The van der Waals surface area contributed by atoms with Crippen molar-refractivity contribution in [1.82, 2.24) is 0 Å². The Labute approximate surface area is 401 Å².